The summed E-state index contributed by atoms with van der Waals surface area (Å²) >= 11 is 0. The van der Waals surface area contributed by atoms with Gasteiger partial charge in [0, 0.05) is 30.9 Å². The number of hydrogen-bond acceptors (Lipinski definition) is 6. The molecule has 1 amide bonds. The van der Waals surface area contributed by atoms with E-state index < -0.39 is 23.8 Å². The van der Waals surface area contributed by atoms with E-state index in [0.717, 1.165) is 6.42 Å². The summed E-state index contributed by atoms with van der Waals surface area (Å²) in [6.07, 6.45) is 1.23. The van der Waals surface area contributed by atoms with Gasteiger partial charge in [-0.3, -0.25) is 9.48 Å². The first-order valence-electron chi connectivity index (χ1n) is 10.1. The number of aromatic nitrogens is 2. The molecule has 1 N–H and O–H groups in total. The molecule has 32 heavy (non-hydrogen) atoms. The highest BCUT2D eigenvalue weighted by atomic mass is 19.1. The van der Waals surface area contributed by atoms with Crippen molar-refractivity contribution in [1.82, 2.24) is 9.78 Å². The molecule has 0 fully saturated rings. The van der Waals surface area contributed by atoms with Crippen molar-refractivity contribution in [1.29, 1.82) is 0 Å². The normalized spacial score (nSPS) is 13.7. The number of nitrogens with one attached hydrogen (secondary N) is 1. The quantitative estimate of drug-likeness (QED) is 0.611. The van der Waals surface area contributed by atoms with Gasteiger partial charge in [-0.1, -0.05) is 0 Å². The lowest BCUT2D eigenvalue weighted by Crippen LogP contribution is -2.30. The van der Waals surface area contributed by atoms with Gasteiger partial charge in [-0.25, -0.2) is 9.18 Å². The summed E-state index contributed by atoms with van der Waals surface area (Å²) in [6, 6.07) is 10.6. The third kappa shape index (κ3) is 4.72. The predicted octanol–water partition coefficient (Wildman–Crippen LogP) is 3.57. The molecule has 0 saturated heterocycles. The number of aryl methyl sites for hydroxylation is 1. The summed E-state index contributed by atoms with van der Waals surface area (Å²) in [5.74, 6) is -0.427. The Morgan fingerprint density at radius 2 is 1.84 bits per heavy atom. The molecule has 0 unspecified atom stereocenters. The molecule has 0 spiro atoms. The number of ether oxygens (including phenoxy) is 3. The molecule has 1 aliphatic rings. The Hall–Kier alpha value is -3.88. The van der Waals surface area contributed by atoms with E-state index in [4.69, 9.17) is 14.2 Å². The number of anilines is 1. The summed E-state index contributed by atoms with van der Waals surface area (Å²) in [6.45, 7) is 2.57. The average molecular weight is 439 g/mol. The Morgan fingerprint density at radius 3 is 2.59 bits per heavy atom. The highest BCUT2D eigenvalue weighted by molar-refractivity contribution is 6.00. The third-order valence-electron chi connectivity index (χ3n) is 4.83. The molecule has 2 aromatic carbocycles. The van der Waals surface area contributed by atoms with Gasteiger partial charge in [0.2, 0.25) is 0 Å². The van der Waals surface area contributed by atoms with Gasteiger partial charge in [0.1, 0.15) is 17.1 Å². The van der Waals surface area contributed by atoms with Crippen LogP contribution in [-0.4, -0.2) is 41.0 Å². The second kappa shape index (κ2) is 9.09. The monoisotopic (exact) mass is 439 g/mol. The number of esters is 1. The van der Waals surface area contributed by atoms with Gasteiger partial charge in [-0.15, -0.1) is 0 Å². The zero-order valence-electron chi connectivity index (χ0n) is 17.6. The fourth-order valence-corrected chi connectivity index (χ4v) is 3.22. The van der Waals surface area contributed by atoms with Crippen molar-refractivity contribution in [2.75, 3.05) is 18.5 Å². The van der Waals surface area contributed by atoms with Crippen LogP contribution in [0.2, 0.25) is 0 Å². The van der Waals surface area contributed by atoms with E-state index in [-0.39, 0.29) is 5.56 Å². The van der Waals surface area contributed by atoms with Crippen molar-refractivity contribution < 1.29 is 28.2 Å². The Balaban J connectivity index is 1.50. The van der Waals surface area contributed by atoms with Crippen molar-refractivity contribution in [3.05, 3.63) is 60.0 Å². The molecular weight excluding hydrogens is 417 g/mol. The maximum atomic E-state index is 13.0. The first kappa shape index (κ1) is 21.4. The molecule has 3 aromatic rings. The molecule has 9 heteroatoms. The molecule has 1 aliphatic heterocycles. The fourth-order valence-electron chi connectivity index (χ4n) is 3.22. The van der Waals surface area contributed by atoms with Crippen LogP contribution in [-0.2, 0) is 16.6 Å². The smallest absolute Gasteiger partial charge is 0.342 e. The zero-order chi connectivity index (χ0) is 22.7. The van der Waals surface area contributed by atoms with Crippen LogP contribution in [0.4, 0.5) is 10.1 Å². The van der Waals surface area contributed by atoms with Crippen LogP contribution in [0.3, 0.4) is 0 Å². The molecule has 4 rings (SSSR count). The Kier molecular flexibility index (Phi) is 6.07. The maximum Gasteiger partial charge on any atom is 0.342 e. The second-order valence-corrected chi connectivity index (χ2v) is 7.32. The van der Waals surface area contributed by atoms with E-state index in [1.54, 1.807) is 25.2 Å². The first-order valence-corrected chi connectivity index (χ1v) is 10.1. The molecule has 1 atom stereocenters. The van der Waals surface area contributed by atoms with Gasteiger partial charge in [0.25, 0.3) is 5.91 Å². The fraction of sp³-hybridized carbons (Fsp3) is 0.261. The number of fused-ring (bicyclic) bond motifs is 1. The van der Waals surface area contributed by atoms with Crippen molar-refractivity contribution in [3.63, 3.8) is 0 Å². The van der Waals surface area contributed by atoms with E-state index in [2.05, 4.69) is 10.4 Å². The van der Waals surface area contributed by atoms with E-state index in [1.807, 2.05) is 0 Å². The number of carbonyl (C=O) groups excluding carboxylic acids is 2. The van der Waals surface area contributed by atoms with E-state index >= 15 is 0 Å². The van der Waals surface area contributed by atoms with Gasteiger partial charge in [-0.2, -0.15) is 5.10 Å². The minimum absolute atomic E-state index is 0.212. The molecule has 0 bridgehead atoms. The van der Waals surface area contributed by atoms with Crippen LogP contribution in [0.1, 0.15) is 23.7 Å². The Morgan fingerprint density at radius 1 is 1.12 bits per heavy atom. The van der Waals surface area contributed by atoms with Crippen LogP contribution < -0.4 is 14.8 Å². The van der Waals surface area contributed by atoms with Gasteiger partial charge in [0.05, 0.1) is 13.2 Å². The maximum absolute atomic E-state index is 13.0. The van der Waals surface area contributed by atoms with E-state index in [9.17, 15) is 14.0 Å². The largest absolute Gasteiger partial charge is 0.490 e. The van der Waals surface area contributed by atoms with E-state index in [1.165, 1.54) is 42.1 Å². The molecule has 166 valence electrons. The molecule has 0 aliphatic carbocycles. The van der Waals surface area contributed by atoms with Crippen LogP contribution in [0.5, 0.6) is 11.5 Å². The van der Waals surface area contributed by atoms with Crippen molar-refractivity contribution in [2.45, 2.75) is 19.4 Å². The molecule has 0 saturated carbocycles. The SMILES string of the molecule is C[C@H](OC(=O)c1cn(C)nc1-c1ccc2c(c1)OCCCO2)C(=O)Nc1ccc(F)cc1. The average Bonchev–Trinajstić information content (AvgIpc) is 3.01. The number of nitrogens with zero attached hydrogens (tertiary/aromatic N) is 2. The lowest BCUT2D eigenvalue weighted by Gasteiger charge is -2.14. The highest BCUT2D eigenvalue weighted by Crippen LogP contribution is 2.35. The summed E-state index contributed by atoms with van der Waals surface area (Å²) in [7, 11) is 1.69. The number of benzene rings is 2. The summed E-state index contributed by atoms with van der Waals surface area (Å²) < 4.78 is 31.3. The number of amides is 1. The second-order valence-electron chi connectivity index (χ2n) is 7.32. The van der Waals surface area contributed by atoms with Crippen LogP contribution in [0.15, 0.2) is 48.7 Å². The molecule has 1 aromatic heterocycles. The Bertz CT molecular complexity index is 1140. The number of rotatable bonds is 5. The van der Waals surface area contributed by atoms with Crippen LogP contribution in [0, 0.1) is 5.82 Å². The van der Waals surface area contributed by atoms with Gasteiger partial charge in [0.15, 0.2) is 17.6 Å². The minimum atomic E-state index is -1.08. The van der Waals surface area contributed by atoms with Crippen molar-refractivity contribution >= 4 is 17.6 Å². The summed E-state index contributed by atoms with van der Waals surface area (Å²) in [5.41, 5.74) is 1.67. The molecule has 2 heterocycles. The molecule has 8 nitrogen and oxygen atoms in total. The Labute approximate surface area is 183 Å². The topological polar surface area (TPSA) is 91.7 Å². The van der Waals surface area contributed by atoms with Gasteiger partial charge < -0.3 is 19.5 Å². The van der Waals surface area contributed by atoms with Crippen molar-refractivity contribution in [3.8, 4) is 22.8 Å². The lowest BCUT2D eigenvalue weighted by atomic mass is 10.1. The highest BCUT2D eigenvalue weighted by Gasteiger charge is 2.24. The number of hydrogen-bond donors (Lipinski definition) is 1. The predicted molar refractivity (Wildman–Crippen MR) is 114 cm³/mol. The lowest BCUT2D eigenvalue weighted by molar-refractivity contribution is -0.123. The van der Waals surface area contributed by atoms with Gasteiger partial charge >= 0.3 is 5.97 Å². The van der Waals surface area contributed by atoms with Gasteiger partial charge in [-0.05, 0) is 49.4 Å². The number of carbonyl (C=O) groups is 2. The standard InChI is InChI=1S/C23H22FN3O5/c1-14(22(28)25-17-7-5-16(24)6-8-17)32-23(29)18-13-27(2)26-21(18)15-4-9-19-20(12-15)31-11-3-10-30-19/h4-9,12-14H,3,10-11H2,1-2H3,(H,25,28)/t14-/m0/s1. The number of halogens is 1. The van der Waals surface area contributed by atoms with E-state index in [0.29, 0.717) is 41.7 Å². The summed E-state index contributed by atoms with van der Waals surface area (Å²) in [5, 5.41) is 6.97. The van der Waals surface area contributed by atoms with Crippen LogP contribution in [0.25, 0.3) is 11.3 Å². The summed E-state index contributed by atoms with van der Waals surface area (Å²) in [4.78, 5) is 25.2. The van der Waals surface area contributed by atoms with Crippen LogP contribution >= 0.6 is 0 Å². The van der Waals surface area contributed by atoms with Crippen molar-refractivity contribution in [2.24, 2.45) is 7.05 Å². The first-order chi connectivity index (χ1) is 15.4. The molecular formula is C23H22FN3O5. The third-order valence-corrected chi connectivity index (χ3v) is 4.83. The zero-order valence-corrected chi connectivity index (χ0v) is 17.6. The minimum Gasteiger partial charge on any atom is -0.490 e. The molecule has 0 radical (unpaired) electrons.